The van der Waals surface area contributed by atoms with Crippen LogP contribution in [-0.4, -0.2) is 119 Å². The van der Waals surface area contributed by atoms with Gasteiger partial charge in [-0.3, -0.25) is 24.0 Å². The maximum atomic E-state index is 14.1. The third-order valence-corrected chi connectivity index (χ3v) is 17.6. The smallest absolute Gasteiger partial charge is 0.312 e. The molecule has 5 aliphatic rings. The molecule has 5 heterocycles. The van der Waals surface area contributed by atoms with Crippen molar-refractivity contribution >= 4 is 53.9 Å². The van der Waals surface area contributed by atoms with E-state index in [4.69, 9.17) is 4.74 Å². The largest absolute Gasteiger partial charge is 0.455 e. The number of hydrogen-bond donors (Lipinski definition) is 3. The predicted molar refractivity (Wildman–Crippen MR) is 272 cm³/mol. The third-order valence-electron chi connectivity index (χ3n) is 15.5. The second-order valence-electron chi connectivity index (χ2n) is 20.5. The minimum absolute atomic E-state index is 0.0210. The summed E-state index contributed by atoms with van der Waals surface area (Å²) >= 11 is 0. The summed E-state index contributed by atoms with van der Waals surface area (Å²) in [6.07, 6.45) is 17.7. The molecular weight excluding hydrogens is 929 g/mol. The Morgan fingerprint density at radius 3 is 2.40 bits per heavy atom. The zero-order valence-electron chi connectivity index (χ0n) is 40.2. The Morgan fingerprint density at radius 1 is 0.929 bits per heavy atom. The Bertz CT molecular complexity index is 2990. The molecule has 0 unspecified atom stereocenters. The number of pyridine rings is 2. The van der Waals surface area contributed by atoms with Crippen LogP contribution in [-0.2, 0) is 19.8 Å². The van der Waals surface area contributed by atoms with Gasteiger partial charge in [0.2, 0.25) is 5.82 Å². The van der Waals surface area contributed by atoms with Gasteiger partial charge in [0.25, 0.3) is 15.9 Å². The third kappa shape index (κ3) is 10.5. The molecule has 2 saturated heterocycles. The van der Waals surface area contributed by atoms with Crippen LogP contribution in [0.15, 0.2) is 88.5 Å². The Balaban J connectivity index is 0.823. The quantitative estimate of drug-likeness (QED) is 0.0665. The number of piperidine rings is 1. The van der Waals surface area contributed by atoms with Crippen molar-refractivity contribution in [3.8, 4) is 11.5 Å². The number of ether oxygens (including phenoxy) is 1. The van der Waals surface area contributed by atoms with Crippen molar-refractivity contribution in [2.24, 2.45) is 15.7 Å². The maximum Gasteiger partial charge on any atom is 0.312 e. The highest BCUT2D eigenvalue weighted by atomic mass is 32.2. The summed E-state index contributed by atoms with van der Waals surface area (Å²) in [7, 11) is -6.85. The normalized spacial score (nSPS) is 22.4. The molecule has 372 valence electrons. The second kappa shape index (κ2) is 19.5. The van der Waals surface area contributed by atoms with E-state index in [-0.39, 0.29) is 34.5 Å². The molecule has 3 N–H and O–H groups in total. The fourth-order valence-electron chi connectivity index (χ4n) is 11.5. The van der Waals surface area contributed by atoms with E-state index in [0.717, 1.165) is 101 Å². The average Bonchev–Trinajstić information content (AvgIpc) is 4.08. The molecule has 5 fully saturated rings. The molecule has 10 rings (SSSR count). The maximum absolute atomic E-state index is 14.1. The highest BCUT2D eigenvalue weighted by Crippen LogP contribution is 2.54. The van der Waals surface area contributed by atoms with Gasteiger partial charge in [0.05, 0.1) is 28.9 Å². The fraction of sp³-hybridized carbons (Fsp3) is 0.510. The van der Waals surface area contributed by atoms with Gasteiger partial charge < -0.3 is 24.8 Å². The highest BCUT2D eigenvalue weighted by molar-refractivity contribution is 7.92. The number of rotatable bonds is 15. The van der Waals surface area contributed by atoms with Crippen LogP contribution in [0.25, 0.3) is 11.0 Å². The highest BCUT2D eigenvalue weighted by Gasteiger charge is 2.50. The second-order valence-corrected chi connectivity index (χ2v) is 24.8. The number of piperazine rings is 1. The van der Waals surface area contributed by atoms with Gasteiger partial charge in [-0.1, -0.05) is 31.2 Å². The van der Waals surface area contributed by atoms with Crippen LogP contribution in [0.4, 0.5) is 17.2 Å². The summed E-state index contributed by atoms with van der Waals surface area (Å²) in [4.78, 5) is 44.5. The molecule has 70 heavy (non-hydrogen) atoms. The van der Waals surface area contributed by atoms with E-state index in [1.54, 1.807) is 42.5 Å². The number of hydrogen-bond acceptors (Lipinski definition) is 14. The number of nitrogens with one attached hydrogen (secondary N) is 3. The molecule has 2 aromatic carbocycles. The Hall–Kier alpha value is -5.63. The lowest BCUT2D eigenvalue weighted by Crippen LogP contribution is -2.60. The molecule has 1 spiro atoms. The number of carbonyl (C=O) groups excluding carboxylic acids is 1. The van der Waals surface area contributed by atoms with Crippen LogP contribution >= 0.6 is 0 Å². The van der Waals surface area contributed by atoms with Gasteiger partial charge in [-0.15, -0.1) is 0 Å². The fourth-order valence-corrected chi connectivity index (χ4v) is 13.3. The van der Waals surface area contributed by atoms with Crippen LogP contribution in [0.1, 0.15) is 105 Å². The van der Waals surface area contributed by atoms with Crippen molar-refractivity contribution in [3.05, 3.63) is 106 Å². The van der Waals surface area contributed by atoms with Crippen LogP contribution < -0.4 is 19.7 Å². The summed E-state index contributed by atoms with van der Waals surface area (Å²) in [5, 5.41) is 16.1. The predicted octanol–water partition coefficient (Wildman–Crippen LogP) is 8.48. The van der Waals surface area contributed by atoms with Crippen molar-refractivity contribution in [3.63, 3.8) is 0 Å². The van der Waals surface area contributed by atoms with E-state index < -0.39 is 41.2 Å². The monoisotopic (exact) mass is 992 g/mol. The number of likely N-dealkylation sites (N-methyl/N-ethyl adjacent to an activating group) is 1. The van der Waals surface area contributed by atoms with E-state index >= 15 is 0 Å². The molecular formula is C51H64N10O7S2. The number of aromatic nitrogens is 3. The number of nitro groups is 1. The average molecular weight is 993 g/mol. The molecule has 3 aromatic heterocycles. The van der Waals surface area contributed by atoms with E-state index in [1.807, 2.05) is 12.1 Å². The summed E-state index contributed by atoms with van der Waals surface area (Å²) in [5.41, 5.74) is 4.29. The first-order valence-electron chi connectivity index (χ1n) is 24.8. The van der Waals surface area contributed by atoms with E-state index in [2.05, 4.69) is 75.2 Å². The molecule has 1 amide bonds. The summed E-state index contributed by atoms with van der Waals surface area (Å²) in [5.74, 6) is 0.338. The Morgan fingerprint density at radius 2 is 1.69 bits per heavy atom. The van der Waals surface area contributed by atoms with Crippen LogP contribution in [0.3, 0.4) is 0 Å². The lowest BCUT2D eigenvalue weighted by atomic mass is 9.59. The van der Waals surface area contributed by atoms with Gasteiger partial charge in [-0.05, 0) is 123 Å². The summed E-state index contributed by atoms with van der Waals surface area (Å²) in [6, 6.07) is 19.9. The van der Waals surface area contributed by atoms with Gasteiger partial charge in [-0.25, -0.2) is 27.5 Å². The molecule has 3 aliphatic carbocycles. The lowest BCUT2D eigenvalue weighted by Gasteiger charge is -2.58. The Labute approximate surface area is 410 Å². The number of aromatic amines is 1. The van der Waals surface area contributed by atoms with Gasteiger partial charge in [0.1, 0.15) is 22.0 Å². The molecule has 2 aliphatic heterocycles. The molecule has 17 nitrogen and oxygen atoms in total. The molecule has 19 heteroatoms. The summed E-state index contributed by atoms with van der Waals surface area (Å²) < 4.78 is 52.7. The number of sulfonamides is 1. The minimum atomic E-state index is -4.64. The topological polar surface area (TPSA) is 208 Å². The molecule has 1 atom stereocenters. The first-order chi connectivity index (χ1) is 33.6. The standard InChI is InChI=1S/C51H64N10O7S2/c1-4-58-23-24-60(46(33-58)43-8-6-5-7-42(43)35-11-12-35)39-28-51(29-39)18-21-59(22-19-51)38-15-16-44(47(26-38)68-40-25-36-17-20-52-48(36)54-31-40)50(62)57-70(66,67)41-27-45(61(63)64)49(55-32-41)53-30-34-9-13-37(14-10-34)56-69(2,3)65/h5-8,15-17,20,25-27,31-32,34-35,37,39,46H,4,9-14,18-19,21-24,28-30,33H2,1-3H3,(H,52,54)(H,53,55)(H,57,62)/t34?,37?,46-/m1/s1. The molecule has 5 aromatic rings. The van der Waals surface area contributed by atoms with Crippen LogP contribution in [0.5, 0.6) is 11.5 Å². The van der Waals surface area contributed by atoms with Gasteiger partial charge in [0, 0.05) is 103 Å². The SMILES string of the molecule is CCN1CCN(C2CC3(CCN(c4ccc(C(=O)NS(=O)(=O)c5cnc(NCC6CCC(N=S(C)(C)=O)CC6)c([N+](=O)[O-])c5)c(Oc5cnc6[nH]ccc6c5)c4)CC3)C2)[C@@H](c2ccccc2C2CC2)C1. The number of H-pyrrole nitrogens is 1. The van der Waals surface area contributed by atoms with Gasteiger partial charge >= 0.3 is 5.69 Å². The van der Waals surface area contributed by atoms with Gasteiger partial charge in [-0.2, -0.15) is 0 Å². The van der Waals surface area contributed by atoms with Crippen molar-refractivity contribution in [2.75, 3.05) is 68.5 Å². The van der Waals surface area contributed by atoms with E-state index in [0.29, 0.717) is 35.9 Å². The van der Waals surface area contributed by atoms with Crippen LogP contribution in [0, 0.1) is 21.4 Å². The van der Waals surface area contributed by atoms with Crippen LogP contribution in [0.2, 0.25) is 0 Å². The number of fused-ring (bicyclic) bond motifs is 1. The van der Waals surface area contributed by atoms with E-state index in [9.17, 15) is 27.5 Å². The molecule has 0 radical (unpaired) electrons. The number of nitrogens with zero attached hydrogens (tertiary/aromatic N) is 7. The van der Waals surface area contributed by atoms with Gasteiger partial charge in [0.15, 0.2) is 0 Å². The molecule has 3 saturated carbocycles. The zero-order chi connectivity index (χ0) is 48.8. The van der Waals surface area contributed by atoms with Crippen molar-refractivity contribution < 1.29 is 27.1 Å². The van der Waals surface area contributed by atoms with E-state index in [1.165, 1.54) is 37.4 Å². The first-order valence-corrected chi connectivity index (χ1v) is 28.6. The van der Waals surface area contributed by atoms with Crippen molar-refractivity contribution in [1.29, 1.82) is 0 Å². The molecule has 0 bridgehead atoms. The lowest BCUT2D eigenvalue weighted by molar-refractivity contribution is -0.384. The minimum Gasteiger partial charge on any atom is -0.455 e. The number of amides is 1. The van der Waals surface area contributed by atoms with Crippen molar-refractivity contribution in [1.82, 2.24) is 29.5 Å². The number of carbonyl (C=O) groups is 1. The number of benzene rings is 2. The van der Waals surface area contributed by atoms with Crippen molar-refractivity contribution in [2.45, 2.75) is 100 Å². The number of anilines is 2. The Kier molecular flexibility index (Phi) is 13.4. The zero-order valence-corrected chi connectivity index (χ0v) is 41.9. The summed E-state index contributed by atoms with van der Waals surface area (Å²) in [6.45, 7) is 8.65. The first kappa shape index (κ1) is 48.0.